The smallest absolute Gasteiger partial charge is 0.237 e. The van der Waals surface area contributed by atoms with Gasteiger partial charge in [-0.2, -0.15) is 0 Å². The van der Waals surface area contributed by atoms with Gasteiger partial charge in [0.15, 0.2) is 4.34 Å². The van der Waals surface area contributed by atoms with E-state index in [4.69, 9.17) is 4.74 Å². The molecule has 1 atom stereocenters. The van der Waals surface area contributed by atoms with Crippen LogP contribution in [0, 0.1) is 0 Å². The quantitative estimate of drug-likeness (QED) is 0.656. The first kappa shape index (κ1) is 18.5. The molecule has 0 saturated heterocycles. The third kappa shape index (κ3) is 5.68. The average molecular weight is 367 g/mol. The second kappa shape index (κ2) is 9.48. The molecule has 1 heterocycles. The lowest BCUT2D eigenvalue weighted by atomic mass is 10.3. The summed E-state index contributed by atoms with van der Waals surface area (Å²) in [6.45, 7) is 7.38. The number of aromatic nitrogens is 2. The van der Waals surface area contributed by atoms with E-state index in [1.807, 2.05) is 38.1 Å². The monoisotopic (exact) mass is 366 g/mol. The molecule has 0 spiro atoms. The highest BCUT2D eigenvalue weighted by Crippen LogP contribution is 2.29. The lowest BCUT2D eigenvalue weighted by Crippen LogP contribution is -2.22. The second-order valence-electron chi connectivity index (χ2n) is 5.01. The van der Waals surface area contributed by atoms with Gasteiger partial charge in [0.05, 0.1) is 11.9 Å². The van der Waals surface area contributed by atoms with Gasteiger partial charge in [-0.25, -0.2) is 0 Å². The summed E-state index contributed by atoms with van der Waals surface area (Å²) in [4.78, 5) is 12.3. The van der Waals surface area contributed by atoms with Gasteiger partial charge in [-0.05, 0) is 44.5 Å². The molecule has 0 aliphatic rings. The summed E-state index contributed by atoms with van der Waals surface area (Å²) >= 11 is 2.87. The number of nitrogens with one attached hydrogen (secondary N) is 2. The van der Waals surface area contributed by atoms with E-state index in [-0.39, 0.29) is 11.2 Å². The Labute approximate surface area is 150 Å². The average Bonchev–Trinajstić information content (AvgIpc) is 3.02. The first-order chi connectivity index (χ1) is 11.6. The first-order valence-electron chi connectivity index (χ1n) is 7.90. The number of carbonyl (C=O) groups excluding carboxylic acids is 1. The first-order valence-corrected chi connectivity index (χ1v) is 9.59. The Hall–Kier alpha value is -1.80. The molecule has 0 aliphatic heterocycles. The van der Waals surface area contributed by atoms with Crippen molar-refractivity contribution in [2.75, 3.05) is 23.8 Å². The zero-order chi connectivity index (χ0) is 17.4. The summed E-state index contributed by atoms with van der Waals surface area (Å²) in [5.41, 5.74) is 0.749. The summed E-state index contributed by atoms with van der Waals surface area (Å²) < 4.78 is 6.17. The predicted molar refractivity (Wildman–Crippen MR) is 100 cm³/mol. The van der Waals surface area contributed by atoms with Crippen LogP contribution in [0.25, 0.3) is 0 Å². The summed E-state index contributed by atoms with van der Waals surface area (Å²) in [5, 5.41) is 14.8. The number of hydrogen-bond donors (Lipinski definition) is 2. The van der Waals surface area contributed by atoms with E-state index in [0.29, 0.717) is 6.61 Å². The third-order valence-corrected chi connectivity index (χ3v) is 5.08. The molecule has 2 rings (SSSR count). The van der Waals surface area contributed by atoms with Crippen molar-refractivity contribution in [3.05, 3.63) is 24.3 Å². The Balaban J connectivity index is 1.86. The number of ether oxygens (including phenoxy) is 1. The fourth-order valence-electron chi connectivity index (χ4n) is 1.81. The number of rotatable bonds is 9. The van der Waals surface area contributed by atoms with E-state index in [1.54, 1.807) is 0 Å². The van der Waals surface area contributed by atoms with Gasteiger partial charge < -0.3 is 15.4 Å². The minimum Gasteiger partial charge on any atom is -0.494 e. The van der Waals surface area contributed by atoms with Crippen LogP contribution >= 0.6 is 23.1 Å². The molecule has 2 aromatic rings. The van der Waals surface area contributed by atoms with E-state index >= 15 is 0 Å². The van der Waals surface area contributed by atoms with Gasteiger partial charge in [-0.1, -0.05) is 30.0 Å². The Bertz CT molecular complexity index is 646. The van der Waals surface area contributed by atoms with Gasteiger partial charge in [0, 0.05) is 12.2 Å². The highest BCUT2D eigenvalue weighted by Gasteiger charge is 2.17. The van der Waals surface area contributed by atoms with Crippen molar-refractivity contribution >= 4 is 39.8 Å². The van der Waals surface area contributed by atoms with Crippen LogP contribution in [-0.4, -0.2) is 34.5 Å². The fourth-order valence-corrected chi connectivity index (χ4v) is 3.73. The van der Waals surface area contributed by atoms with Gasteiger partial charge in [0.25, 0.3) is 0 Å². The number of amides is 1. The highest BCUT2D eigenvalue weighted by molar-refractivity contribution is 8.02. The maximum atomic E-state index is 12.3. The molecule has 0 radical (unpaired) electrons. The summed E-state index contributed by atoms with van der Waals surface area (Å²) in [5.74, 6) is 0.723. The molecule has 0 bridgehead atoms. The molecule has 1 unspecified atom stereocenters. The molecule has 0 fully saturated rings. The van der Waals surface area contributed by atoms with Crippen molar-refractivity contribution in [3.63, 3.8) is 0 Å². The molecule has 0 aliphatic carbocycles. The topological polar surface area (TPSA) is 76.1 Å². The van der Waals surface area contributed by atoms with Crippen molar-refractivity contribution in [1.29, 1.82) is 0 Å². The molecule has 2 N–H and O–H groups in total. The Morgan fingerprint density at radius 1 is 1.29 bits per heavy atom. The molecule has 1 aromatic carbocycles. The third-order valence-electron chi connectivity index (χ3n) is 3.01. The minimum absolute atomic E-state index is 0.0672. The van der Waals surface area contributed by atoms with E-state index in [1.165, 1.54) is 23.1 Å². The van der Waals surface area contributed by atoms with Crippen LogP contribution in [-0.2, 0) is 4.79 Å². The SMILES string of the molecule is CCCNc1nnc(SC(C)C(=O)Nc2ccc(OCC)cc2)s1. The Morgan fingerprint density at radius 3 is 2.71 bits per heavy atom. The number of anilines is 2. The summed E-state index contributed by atoms with van der Waals surface area (Å²) in [7, 11) is 0. The zero-order valence-corrected chi connectivity index (χ0v) is 15.7. The van der Waals surface area contributed by atoms with Crippen LogP contribution in [0.4, 0.5) is 10.8 Å². The number of hydrogen-bond acceptors (Lipinski definition) is 7. The Kier molecular flexibility index (Phi) is 7.33. The standard InChI is InChI=1S/C16H22N4O2S2/c1-4-10-17-15-19-20-16(24-15)23-11(3)14(21)18-12-6-8-13(9-7-12)22-5-2/h6-9,11H,4-5,10H2,1-3H3,(H,17,19)(H,18,21). The van der Waals surface area contributed by atoms with E-state index in [2.05, 4.69) is 27.8 Å². The highest BCUT2D eigenvalue weighted by atomic mass is 32.2. The lowest BCUT2D eigenvalue weighted by Gasteiger charge is -2.11. The zero-order valence-electron chi connectivity index (χ0n) is 14.0. The van der Waals surface area contributed by atoms with Gasteiger partial charge >= 0.3 is 0 Å². The van der Waals surface area contributed by atoms with Crippen molar-refractivity contribution in [2.45, 2.75) is 36.8 Å². The van der Waals surface area contributed by atoms with E-state index < -0.39 is 0 Å². The predicted octanol–water partition coefficient (Wildman–Crippen LogP) is 3.88. The van der Waals surface area contributed by atoms with E-state index in [9.17, 15) is 4.79 Å². The van der Waals surface area contributed by atoms with Crippen LogP contribution in [0.2, 0.25) is 0 Å². The van der Waals surface area contributed by atoms with E-state index in [0.717, 1.165) is 33.9 Å². The minimum atomic E-state index is -0.261. The van der Waals surface area contributed by atoms with Crippen molar-refractivity contribution in [3.8, 4) is 5.75 Å². The van der Waals surface area contributed by atoms with Crippen LogP contribution in [0.3, 0.4) is 0 Å². The molecule has 8 heteroatoms. The molecule has 0 saturated carbocycles. The number of nitrogens with zero attached hydrogens (tertiary/aromatic N) is 2. The molecule has 1 amide bonds. The number of thioether (sulfide) groups is 1. The maximum absolute atomic E-state index is 12.3. The largest absolute Gasteiger partial charge is 0.494 e. The maximum Gasteiger partial charge on any atom is 0.237 e. The van der Waals surface area contributed by atoms with Gasteiger partial charge in [-0.15, -0.1) is 10.2 Å². The molecular formula is C16H22N4O2S2. The molecule has 130 valence electrons. The van der Waals surface area contributed by atoms with Gasteiger partial charge in [0.1, 0.15) is 5.75 Å². The van der Waals surface area contributed by atoms with Crippen LogP contribution in [0.1, 0.15) is 27.2 Å². The summed E-state index contributed by atoms with van der Waals surface area (Å²) in [6.07, 6.45) is 1.03. The lowest BCUT2D eigenvalue weighted by molar-refractivity contribution is -0.115. The second-order valence-corrected chi connectivity index (χ2v) is 7.57. The van der Waals surface area contributed by atoms with Crippen LogP contribution in [0.5, 0.6) is 5.75 Å². The molecule has 1 aromatic heterocycles. The van der Waals surface area contributed by atoms with Gasteiger partial charge in [0.2, 0.25) is 11.0 Å². The van der Waals surface area contributed by atoms with Crippen LogP contribution in [0.15, 0.2) is 28.6 Å². The van der Waals surface area contributed by atoms with Crippen LogP contribution < -0.4 is 15.4 Å². The fraction of sp³-hybridized carbons (Fsp3) is 0.438. The number of carbonyl (C=O) groups is 1. The normalized spacial score (nSPS) is 11.8. The Morgan fingerprint density at radius 2 is 2.04 bits per heavy atom. The molecule has 6 nitrogen and oxygen atoms in total. The number of benzene rings is 1. The van der Waals surface area contributed by atoms with Gasteiger partial charge in [-0.3, -0.25) is 4.79 Å². The van der Waals surface area contributed by atoms with Crippen molar-refractivity contribution in [1.82, 2.24) is 10.2 Å². The van der Waals surface area contributed by atoms with Crippen molar-refractivity contribution in [2.24, 2.45) is 0 Å². The van der Waals surface area contributed by atoms with Crippen molar-refractivity contribution < 1.29 is 9.53 Å². The molecule has 24 heavy (non-hydrogen) atoms. The summed E-state index contributed by atoms with van der Waals surface area (Å²) in [6, 6.07) is 7.34. The molecular weight excluding hydrogens is 344 g/mol.